The number of hydrogen-bond donors (Lipinski definition) is 2. The molecule has 9 nitrogen and oxygen atoms in total. The molecule has 0 aliphatic rings. The molecule has 1 amide bonds. The van der Waals surface area contributed by atoms with Crippen LogP contribution < -0.4 is 11.0 Å². The van der Waals surface area contributed by atoms with Gasteiger partial charge in [0.15, 0.2) is 5.16 Å². The number of rotatable bonds is 7. The fourth-order valence-corrected chi connectivity index (χ4v) is 3.11. The van der Waals surface area contributed by atoms with Crippen molar-refractivity contribution < 1.29 is 9.72 Å². The third-order valence-electron chi connectivity index (χ3n) is 2.94. The Balaban J connectivity index is 1.99. The first-order chi connectivity index (χ1) is 11.4. The van der Waals surface area contributed by atoms with Gasteiger partial charge in [-0.2, -0.15) is 0 Å². The molecule has 0 saturated carbocycles. The number of carbonyl (C=O) groups is 1. The lowest BCUT2D eigenvalue weighted by Crippen LogP contribution is -2.18. The number of hydrogen-bond acceptors (Lipinski definition) is 6. The van der Waals surface area contributed by atoms with Crippen LogP contribution in [0.1, 0.15) is 13.3 Å². The Bertz CT molecular complexity index is 819. The fourth-order valence-electron chi connectivity index (χ4n) is 1.87. The van der Waals surface area contributed by atoms with E-state index in [9.17, 15) is 19.7 Å². The highest BCUT2D eigenvalue weighted by Crippen LogP contribution is 2.27. The Morgan fingerprint density at radius 1 is 1.54 bits per heavy atom. The second kappa shape index (κ2) is 8.11. The third kappa shape index (κ3) is 4.45. The van der Waals surface area contributed by atoms with Crippen molar-refractivity contribution in [3.05, 3.63) is 43.3 Å². The van der Waals surface area contributed by atoms with Gasteiger partial charge < -0.3 is 5.32 Å². The molecule has 11 heteroatoms. The molecule has 0 fully saturated rings. The molecule has 1 heterocycles. The van der Waals surface area contributed by atoms with Crippen LogP contribution in [0.25, 0.3) is 0 Å². The van der Waals surface area contributed by atoms with Crippen LogP contribution in [0.4, 0.5) is 11.4 Å². The summed E-state index contributed by atoms with van der Waals surface area (Å²) in [5.41, 5.74) is 0.0476. The van der Waals surface area contributed by atoms with Gasteiger partial charge in [-0.1, -0.05) is 18.7 Å². The molecule has 2 aromatic rings. The number of nitro groups is 1. The maximum absolute atomic E-state index is 12.0. The first-order valence-corrected chi connectivity index (χ1v) is 8.72. The van der Waals surface area contributed by atoms with Crippen LogP contribution >= 0.6 is 27.7 Å². The number of H-pyrrole nitrogens is 1. The second-order valence-electron chi connectivity index (χ2n) is 4.72. The first kappa shape index (κ1) is 18.2. The molecule has 0 spiro atoms. The van der Waals surface area contributed by atoms with E-state index in [2.05, 4.69) is 31.4 Å². The lowest BCUT2D eigenvalue weighted by Gasteiger charge is -2.07. The highest BCUT2D eigenvalue weighted by molar-refractivity contribution is 9.10. The average Bonchev–Trinajstić information content (AvgIpc) is 2.88. The zero-order valence-electron chi connectivity index (χ0n) is 12.6. The van der Waals surface area contributed by atoms with E-state index >= 15 is 0 Å². The van der Waals surface area contributed by atoms with Crippen molar-refractivity contribution in [1.82, 2.24) is 14.8 Å². The number of aromatic nitrogens is 3. The van der Waals surface area contributed by atoms with Gasteiger partial charge in [-0.25, -0.2) is 9.89 Å². The molecule has 0 atom stereocenters. The van der Waals surface area contributed by atoms with Gasteiger partial charge in [0.1, 0.15) is 0 Å². The van der Waals surface area contributed by atoms with Crippen molar-refractivity contribution in [3.63, 3.8) is 0 Å². The van der Waals surface area contributed by atoms with Crippen LogP contribution in [0.2, 0.25) is 0 Å². The summed E-state index contributed by atoms with van der Waals surface area (Å²) in [7, 11) is 0. The summed E-state index contributed by atoms with van der Waals surface area (Å²) in [4.78, 5) is 33.8. The van der Waals surface area contributed by atoms with Crippen molar-refractivity contribution in [2.75, 3.05) is 11.1 Å². The molecule has 0 radical (unpaired) electrons. The number of carbonyl (C=O) groups excluding carboxylic acids is 1. The average molecular weight is 416 g/mol. The SMILES string of the molecule is CCCn1c(SCC(=O)Nc2ccc([N+](=O)[O-])cc2Br)n[nH]c1=O. The Kier molecular flexibility index (Phi) is 6.15. The molecule has 0 aliphatic carbocycles. The van der Waals surface area contributed by atoms with Crippen molar-refractivity contribution in [2.45, 2.75) is 25.0 Å². The number of halogens is 1. The number of anilines is 1. The number of non-ortho nitro benzene ring substituents is 1. The Morgan fingerprint density at radius 2 is 2.29 bits per heavy atom. The van der Waals surface area contributed by atoms with Crippen LogP contribution in [0.3, 0.4) is 0 Å². The topological polar surface area (TPSA) is 123 Å². The normalized spacial score (nSPS) is 10.6. The van der Waals surface area contributed by atoms with Crippen LogP contribution in [0, 0.1) is 10.1 Å². The number of thioether (sulfide) groups is 1. The molecule has 0 aliphatic heterocycles. The summed E-state index contributed by atoms with van der Waals surface area (Å²) in [5, 5.41) is 20.0. The zero-order valence-corrected chi connectivity index (χ0v) is 15.0. The monoisotopic (exact) mass is 415 g/mol. The van der Waals surface area contributed by atoms with E-state index in [1.54, 1.807) is 0 Å². The van der Waals surface area contributed by atoms with Gasteiger partial charge in [-0.3, -0.25) is 19.5 Å². The lowest BCUT2D eigenvalue weighted by atomic mass is 10.3. The van der Waals surface area contributed by atoms with Gasteiger partial charge in [0.25, 0.3) is 5.69 Å². The highest BCUT2D eigenvalue weighted by Gasteiger charge is 2.13. The third-order valence-corrected chi connectivity index (χ3v) is 4.57. The van der Waals surface area contributed by atoms with Crippen LogP contribution in [-0.4, -0.2) is 31.3 Å². The molecular weight excluding hydrogens is 402 g/mol. The number of amides is 1. The number of nitrogens with one attached hydrogen (secondary N) is 2. The summed E-state index contributed by atoms with van der Waals surface area (Å²) in [6, 6.07) is 4.07. The van der Waals surface area contributed by atoms with Crippen molar-refractivity contribution in [1.29, 1.82) is 0 Å². The number of aromatic amines is 1. The summed E-state index contributed by atoms with van der Waals surface area (Å²) in [6.07, 6.45) is 0.773. The fraction of sp³-hybridized carbons (Fsp3) is 0.308. The van der Waals surface area contributed by atoms with Gasteiger partial charge in [-0.15, -0.1) is 5.10 Å². The Hall–Kier alpha value is -2.14. The zero-order chi connectivity index (χ0) is 17.7. The summed E-state index contributed by atoms with van der Waals surface area (Å²) < 4.78 is 1.89. The molecule has 1 aromatic heterocycles. The van der Waals surface area contributed by atoms with Gasteiger partial charge >= 0.3 is 5.69 Å². The summed E-state index contributed by atoms with van der Waals surface area (Å²) in [5.74, 6) is -0.259. The van der Waals surface area contributed by atoms with E-state index in [-0.39, 0.29) is 23.0 Å². The van der Waals surface area contributed by atoms with E-state index in [0.29, 0.717) is 21.9 Å². The maximum atomic E-state index is 12.0. The van der Waals surface area contributed by atoms with E-state index in [1.165, 1.54) is 22.8 Å². The second-order valence-corrected chi connectivity index (χ2v) is 6.52. The summed E-state index contributed by atoms with van der Waals surface area (Å²) >= 11 is 4.32. The van der Waals surface area contributed by atoms with Gasteiger partial charge in [-0.05, 0) is 28.4 Å². The molecular formula is C13H14BrN5O4S. The Morgan fingerprint density at radius 3 is 2.92 bits per heavy atom. The van der Waals surface area contributed by atoms with E-state index < -0.39 is 4.92 Å². The molecule has 0 saturated heterocycles. The predicted octanol–water partition coefficient (Wildman–Crippen LogP) is 2.38. The van der Waals surface area contributed by atoms with Gasteiger partial charge in [0.05, 0.1) is 16.4 Å². The van der Waals surface area contributed by atoms with Crippen molar-refractivity contribution in [3.8, 4) is 0 Å². The van der Waals surface area contributed by atoms with E-state index in [4.69, 9.17) is 0 Å². The number of nitro benzene ring substituents is 1. The maximum Gasteiger partial charge on any atom is 0.343 e. The van der Waals surface area contributed by atoms with E-state index in [0.717, 1.165) is 18.2 Å². The van der Waals surface area contributed by atoms with Crippen LogP contribution in [0.15, 0.2) is 32.6 Å². The highest BCUT2D eigenvalue weighted by atomic mass is 79.9. The minimum absolute atomic E-state index is 0.0530. The molecule has 0 bridgehead atoms. The smallest absolute Gasteiger partial charge is 0.324 e. The van der Waals surface area contributed by atoms with E-state index in [1.807, 2.05) is 6.92 Å². The Labute approximate surface area is 149 Å². The molecule has 128 valence electrons. The van der Waals surface area contributed by atoms with Gasteiger partial charge in [0.2, 0.25) is 5.91 Å². The summed E-state index contributed by atoms with van der Waals surface area (Å²) in [6.45, 7) is 2.46. The molecule has 24 heavy (non-hydrogen) atoms. The minimum atomic E-state index is -0.517. The first-order valence-electron chi connectivity index (χ1n) is 6.94. The largest absolute Gasteiger partial charge is 0.343 e. The van der Waals surface area contributed by atoms with Crippen molar-refractivity contribution >= 4 is 45.0 Å². The number of nitrogens with zero attached hydrogens (tertiary/aromatic N) is 3. The lowest BCUT2D eigenvalue weighted by molar-refractivity contribution is -0.384. The molecule has 2 N–H and O–H groups in total. The van der Waals surface area contributed by atoms with Crippen molar-refractivity contribution in [2.24, 2.45) is 0 Å². The number of benzene rings is 1. The predicted molar refractivity (Wildman–Crippen MR) is 93.3 cm³/mol. The molecule has 1 aromatic carbocycles. The van der Waals surface area contributed by atoms with Crippen LogP contribution in [0.5, 0.6) is 0 Å². The minimum Gasteiger partial charge on any atom is -0.324 e. The van der Waals surface area contributed by atoms with Crippen LogP contribution in [-0.2, 0) is 11.3 Å². The molecule has 0 unspecified atom stereocenters. The van der Waals surface area contributed by atoms with Gasteiger partial charge in [0, 0.05) is 23.2 Å². The standard InChI is InChI=1S/C13H14BrN5O4S/c1-2-5-18-12(21)16-17-13(18)24-7-11(20)15-10-4-3-8(19(22)23)6-9(10)14/h3-4,6H,2,5,7H2,1H3,(H,15,20)(H,16,21). The molecule has 2 rings (SSSR count). The quantitative estimate of drug-likeness (QED) is 0.406.